The average molecular weight is 332 g/mol. The fourth-order valence-electron chi connectivity index (χ4n) is 2.16. The summed E-state index contributed by atoms with van der Waals surface area (Å²) < 4.78 is 28.5. The molecule has 0 aliphatic rings. The van der Waals surface area contributed by atoms with Crippen molar-refractivity contribution < 1.29 is 28.2 Å². The molecule has 0 atom stereocenters. The Morgan fingerprint density at radius 3 is 2.21 bits per heavy atom. The molecule has 2 aromatic carbocycles. The van der Waals surface area contributed by atoms with Crippen molar-refractivity contribution in [1.29, 1.82) is 0 Å². The topological polar surface area (TPSA) is 61.8 Å². The van der Waals surface area contributed by atoms with Crippen molar-refractivity contribution >= 4 is 11.8 Å². The molecule has 0 amide bonds. The van der Waals surface area contributed by atoms with Crippen LogP contribution in [-0.4, -0.2) is 26.0 Å². The summed E-state index contributed by atoms with van der Waals surface area (Å²) in [5.41, 5.74) is 0.162. The van der Waals surface area contributed by atoms with Crippen LogP contribution < -0.4 is 14.2 Å². The number of ether oxygens (including phenoxy) is 3. The minimum absolute atomic E-state index is 0.0300. The predicted octanol–water partition coefficient (Wildman–Crippen LogP) is 3.65. The minimum Gasteiger partial charge on any atom is -0.497 e. The second-order valence-corrected chi connectivity index (χ2v) is 4.87. The van der Waals surface area contributed by atoms with E-state index in [2.05, 4.69) is 0 Å². The van der Waals surface area contributed by atoms with Gasteiger partial charge in [0.05, 0.1) is 25.3 Å². The number of halogens is 1. The third-order valence-corrected chi connectivity index (χ3v) is 3.38. The molecular weight excluding hydrogens is 315 g/mol. The summed E-state index contributed by atoms with van der Waals surface area (Å²) in [6, 6.07) is 7.94. The molecule has 0 N–H and O–H groups in total. The molecule has 0 saturated heterocycles. The van der Waals surface area contributed by atoms with Crippen LogP contribution in [0.1, 0.15) is 34.1 Å². The highest BCUT2D eigenvalue weighted by Gasteiger charge is 2.24. The quantitative estimate of drug-likeness (QED) is 0.459. The molecule has 0 aromatic heterocycles. The Morgan fingerprint density at radius 2 is 1.67 bits per heavy atom. The van der Waals surface area contributed by atoms with Crippen LogP contribution in [0.2, 0.25) is 0 Å². The Bertz CT molecular complexity index is 753. The molecule has 0 radical (unpaired) electrons. The first-order chi connectivity index (χ1) is 11.5. The highest BCUT2D eigenvalue weighted by Crippen LogP contribution is 2.31. The number of Topliss-reactive ketones (excluding diaryl/α,β-unsaturated/α-hetero) is 1. The lowest BCUT2D eigenvalue weighted by atomic mass is 10.00. The zero-order chi connectivity index (χ0) is 17.7. The fraction of sp³-hybridized carbons (Fsp3) is 0.222. The van der Waals surface area contributed by atoms with Gasteiger partial charge < -0.3 is 14.2 Å². The van der Waals surface area contributed by atoms with Crippen LogP contribution >= 0.6 is 0 Å². The summed E-state index contributed by atoms with van der Waals surface area (Å²) >= 11 is 0. The summed E-state index contributed by atoms with van der Waals surface area (Å²) in [4.78, 5) is 24.7. The minimum atomic E-state index is -0.754. The summed E-state index contributed by atoms with van der Waals surface area (Å²) in [6.45, 7) is 1.68. The van der Waals surface area contributed by atoms with Crippen LogP contribution in [-0.2, 0) is 0 Å². The van der Waals surface area contributed by atoms with Gasteiger partial charge in [-0.25, -0.2) is 9.18 Å². The van der Waals surface area contributed by atoms with Gasteiger partial charge in [0.15, 0.2) is 5.78 Å². The van der Waals surface area contributed by atoms with Crippen molar-refractivity contribution in [3.05, 3.63) is 53.3 Å². The standard InChI is InChI=1S/C18H17FO5/c1-4-15(20)17-14(9-13(22-2)10-16(17)23-3)18(21)24-12-7-5-11(19)6-8-12/h5-10H,4H2,1-3H3. The maximum atomic E-state index is 12.9. The molecule has 0 aliphatic carbocycles. The number of methoxy groups -OCH3 is 2. The molecule has 0 aliphatic heterocycles. The highest BCUT2D eigenvalue weighted by atomic mass is 19.1. The third-order valence-electron chi connectivity index (χ3n) is 3.38. The number of carbonyl (C=O) groups is 2. The van der Waals surface area contributed by atoms with E-state index in [4.69, 9.17) is 14.2 Å². The first-order valence-electron chi connectivity index (χ1n) is 7.27. The monoisotopic (exact) mass is 332 g/mol. The van der Waals surface area contributed by atoms with Crippen LogP contribution in [0.4, 0.5) is 4.39 Å². The van der Waals surface area contributed by atoms with Crippen molar-refractivity contribution in [3.63, 3.8) is 0 Å². The largest absolute Gasteiger partial charge is 0.497 e. The van der Waals surface area contributed by atoms with Gasteiger partial charge in [0.25, 0.3) is 0 Å². The Hall–Kier alpha value is -2.89. The van der Waals surface area contributed by atoms with Gasteiger partial charge in [-0.05, 0) is 30.3 Å². The van der Waals surface area contributed by atoms with E-state index >= 15 is 0 Å². The van der Waals surface area contributed by atoms with Crippen LogP contribution in [0.25, 0.3) is 0 Å². The molecule has 0 heterocycles. The van der Waals surface area contributed by atoms with Gasteiger partial charge in [-0.2, -0.15) is 0 Å². The highest BCUT2D eigenvalue weighted by molar-refractivity contribution is 6.09. The Morgan fingerprint density at radius 1 is 1.00 bits per heavy atom. The van der Waals surface area contributed by atoms with E-state index in [9.17, 15) is 14.0 Å². The Kier molecular flexibility index (Phi) is 5.52. The Labute approximate surface area is 139 Å². The van der Waals surface area contributed by atoms with Crippen LogP contribution in [0.3, 0.4) is 0 Å². The van der Waals surface area contributed by atoms with Gasteiger partial charge in [0.2, 0.25) is 0 Å². The van der Waals surface area contributed by atoms with Crippen molar-refractivity contribution in [1.82, 2.24) is 0 Å². The molecule has 0 unspecified atom stereocenters. The van der Waals surface area contributed by atoms with Crippen LogP contribution in [0, 0.1) is 5.82 Å². The molecule has 126 valence electrons. The summed E-state index contributed by atoms with van der Waals surface area (Å²) in [5.74, 6) is -0.716. The van der Waals surface area contributed by atoms with Crippen LogP contribution in [0.5, 0.6) is 17.2 Å². The molecule has 24 heavy (non-hydrogen) atoms. The van der Waals surface area contributed by atoms with Crippen molar-refractivity contribution in [3.8, 4) is 17.2 Å². The first kappa shape index (κ1) is 17.5. The number of carbonyl (C=O) groups excluding carboxylic acids is 2. The summed E-state index contributed by atoms with van der Waals surface area (Å²) in [5, 5.41) is 0. The van der Waals surface area contributed by atoms with Gasteiger partial charge in [-0.3, -0.25) is 4.79 Å². The molecule has 5 nitrogen and oxygen atoms in total. The maximum Gasteiger partial charge on any atom is 0.344 e. The lowest BCUT2D eigenvalue weighted by Crippen LogP contribution is -2.15. The van der Waals surface area contributed by atoms with Gasteiger partial charge in [0.1, 0.15) is 23.1 Å². The molecule has 2 rings (SSSR count). The number of esters is 1. The normalized spacial score (nSPS) is 10.2. The maximum absolute atomic E-state index is 12.9. The van der Waals surface area contributed by atoms with E-state index in [-0.39, 0.29) is 34.8 Å². The van der Waals surface area contributed by atoms with Crippen molar-refractivity contribution in [2.45, 2.75) is 13.3 Å². The molecule has 6 heteroatoms. The van der Waals surface area contributed by atoms with Gasteiger partial charge in [-0.1, -0.05) is 6.92 Å². The lowest BCUT2D eigenvalue weighted by Gasteiger charge is -2.14. The average Bonchev–Trinajstić information content (AvgIpc) is 2.61. The fourth-order valence-corrected chi connectivity index (χ4v) is 2.16. The van der Waals surface area contributed by atoms with Gasteiger partial charge in [0, 0.05) is 12.5 Å². The number of hydrogen-bond acceptors (Lipinski definition) is 5. The molecule has 0 saturated carbocycles. The molecule has 0 spiro atoms. The number of benzene rings is 2. The molecule has 0 bridgehead atoms. The molecular formula is C18H17FO5. The smallest absolute Gasteiger partial charge is 0.344 e. The number of rotatable bonds is 6. The van der Waals surface area contributed by atoms with Crippen molar-refractivity contribution in [2.24, 2.45) is 0 Å². The lowest BCUT2D eigenvalue weighted by molar-refractivity contribution is 0.0728. The second-order valence-electron chi connectivity index (χ2n) is 4.87. The first-order valence-corrected chi connectivity index (χ1v) is 7.27. The molecule has 2 aromatic rings. The van der Waals surface area contributed by atoms with E-state index in [1.165, 1.54) is 50.6 Å². The van der Waals surface area contributed by atoms with E-state index in [0.29, 0.717) is 5.75 Å². The van der Waals surface area contributed by atoms with Crippen LogP contribution in [0.15, 0.2) is 36.4 Å². The SMILES string of the molecule is CCC(=O)c1c(OC)cc(OC)cc1C(=O)Oc1ccc(F)cc1. The predicted molar refractivity (Wildman–Crippen MR) is 85.5 cm³/mol. The molecule has 0 fully saturated rings. The summed E-state index contributed by atoms with van der Waals surface area (Å²) in [7, 11) is 2.83. The zero-order valence-electron chi connectivity index (χ0n) is 13.6. The van der Waals surface area contributed by atoms with E-state index in [1.54, 1.807) is 6.92 Å². The van der Waals surface area contributed by atoms with E-state index in [1.807, 2.05) is 0 Å². The van der Waals surface area contributed by atoms with Gasteiger partial charge in [-0.15, -0.1) is 0 Å². The number of hydrogen-bond donors (Lipinski definition) is 0. The van der Waals surface area contributed by atoms with E-state index < -0.39 is 11.8 Å². The number of ketones is 1. The third kappa shape index (κ3) is 3.71. The summed E-state index contributed by atoms with van der Waals surface area (Å²) in [6.07, 6.45) is 0.194. The van der Waals surface area contributed by atoms with Crippen molar-refractivity contribution in [2.75, 3.05) is 14.2 Å². The zero-order valence-corrected chi connectivity index (χ0v) is 13.6. The van der Waals surface area contributed by atoms with E-state index in [0.717, 1.165) is 0 Å². The Balaban J connectivity index is 2.47. The van der Waals surface area contributed by atoms with Gasteiger partial charge >= 0.3 is 5.97 Å². The second kappa shape index (κ2) is 7.59.